The second-order valence-electron chi connectivity index (χ2n) is 3.80. The molecular weight excluding hydrogens is 316 g/mol. The van der Waals surface area contributed by atoms with Crippen molar-refractivity contribution in [3.05, 3.63) is 41.0 Å². The van der Waals surface area contributed by atoms with Crippen LogP contribution in [0, 0.1) is 11.3 Å². The molecular formula is C12H9ClN4O3S. The molecule has 1 aromatic heterocycles. The van der Waals surface area contributed by atoms with Crippen LogP contribution in [0.4, 0.5) is 5.95 Å². The zero-order chi connectivity index (χ0) is 15.5. The molecule has 108 valence electrons. The van der Waals surface area contributed by atoms with E-state index in [1.807, 2.05) is 6.07 Å². The van der Waals surface area contributed by atoms with Gasteiger partial charge in [0.05, 0.1) is 23.6 Å². The van der Waals surface area contributed by atoms with Crippen LogP contribution < -0.4 is 9.46 Å². The molecule has 2 aromatic rings. The van der Waals surface area contributed by atoms with Crippen LogP contribution in [-0.4, -0.2) is 25.5 Å². The van der Waals surface area contributed by atoms with Crippen molar-refractivity contribution in [1.82, 2.24) is 9.97 Å². The molecule has 1 N–H and O–H groups in total. The summed E-state index contributed by atoms with van der Waals surface area (Å²) in [6, 6.07) is 8.76. The Morgan fingerprint density at radius 3 is 2.76 bits per heavy atom. The van der Waals surface area contributed by atoms with Crippen LogP contribution in [-0.2, 0) is 10.0 Å². The molecule has 0 amide bonds. The fraction of sp³-hybridized carbons (Fsp3) is 0.0833. The van der Waals surface area contributed by atoms with Crippen molar-refractivity contribution >= 4 is 27.6 Å². The standard InChI is InChI=1S/C12H9ClN4O3S/c1-20-11-6-10(13)15-12(16-11)17-21(18,19)9-4-2-3-8(5-9)7-14/h2-6H,1H3,(H,15,16,17). The maximum Gasteiger partial charge on any atom is 0.264 e. The summed E-state index contributed by atoms with van der Waals surface area (Å²) >= 11 is 5.74. The van der Waals surface area contributed by atoms with Gasteiger partial charge in [0, 0.05) is 6.07 Å². The summed E-state index contributed by atoms with van der Waals surface area (Å²) in [6.07, 6.45) is 0. The van der Waals surface area contributed by atoms with Crippen LogP contribution in [0.2, 0.25) is 5.15 Å². The van der Waals surface area contributed by atoms with Gasteiger partial charge in [-0.25, -0.2) is 18.1 Å². The summed E-state index contributed by atoms with van der Waals surface area (Å²) in [5.41, 5.74) is 0.225. The number of benzene rings is 1. The van der Waals surface area contributed by atoms with Crippen LogP contribution >= 0.6 is 11.6 Å². The molecule has 0 aliphatic rings. The molecule has 0 unspecified atom stereocenters. The number of methoxy groups -OCH3 is 1. The highest BCUT2D eigenvalue weighted by molar-refractivity contribution is 7.92. The van der Waals surface area contributed by atoms with Gasteiger partial charge >= 0.3 is 0 Å². The Hall–Kier alpha value is -2.37. The Kier molecular flexibility index (Phi) is 4.26. The molecule has 2 rings (SSSR count). The lowest BCUT2D eigenvalue weighted by molar-refractivity contribution is 0.397. The Labute approximate surface area is 126 Å². The van der Waals surface area contributed by atoms with Gasteiger partial charge < -0.3 is 4.74 Å². The Balaban J connectivity index is 2.37. The maximum atomic E-state index is 12.2. The minimum atomic E-state index is -3.93. The molecule has 0 spiro atoms. The normalized spacial score (nSPS) is 10.7. The topological polar surface area (TPSA) is 105 Å². The van der Waals surface area contributed by atoms with Crippen LogP contribution in [0.3, 0.4) is 0 Å². The predicted octanol–water partition coefficient (Wildman–Crippen LogP) is 1.81. The van der Waals surface area contributed by atoms with Gasteiger partial charge in [-0.1, -0.05) is 17.7 Å². The molecule has 9 heteroatoms. The molecule has 0 fully saturated rings. The van der Waals surface area contributed by atoms with Crippen molar-refractivity contribution in [1.29, 1.82) is 5.26 Å². The SMILES string of the molecule is COc1cc(Cl)nc(NS(=O)(=O)c2cccc(C#N)c2)n1. The van der Waals surface area contributed by atoms with Crippen LogP contribution in [0.25, 0.3) is 0 Å². The highest BCUT2D eigenvalue weighted by atomic mass is 35.5. The molecule has 0 atom stereocenters. The lowest BCUT2D eigenvalue weighted by Gasteiger charge is -2.08. The van der Waals surface area contributed by atoms with Gasteiger partial charge in [0.2, 0.25) is 11.8 Å². The minimum Gasteiger partial charge on any atom is -0.481 e. The van der Waals surface area contributed by atoms with Gasteiger partial charge in [0.1, 0.15) is 5.15 Å². The molecule has 0 bridgehead atoms. The number of nitrogens with one attached hydrogen (secondary N) is 1. The smallest absolute Gasteiger partial charge is 0.264 e. The molecule has 7 nitrogen and oxygen atoms in total. The van der Waals surface area contributed by atoms with E-state index in [0.29, 0.717) is 0 Å². The summed E-state index contributed by atoms with van der Waals surface area (Å²) < 4.78 is 31.4. The number of halogens is 1. The first-order chi connectivity index (χ1) is 9.94. The average Bonchev–Trinajstić information content (AvgIpc) is 2.46. The Bertz CT molecular complexity index is 817. The monoisotopic (exact) mass is 324 g/mol. The van der Waals surface area contributed by atoms with Crippen molar-refractivity contribution in [2.45, 2.75) is 4.90 Å². The molecule has 0 saturated heterocycles. The van der Waals surface area contributed by atoms with E-state index in [9.17, 15) is 8.42 Å². The van der Waals surface area contributed by atoms with Gasteiger partial charge in [0.15, 0.2) is 0 Å². The first kappa shape index (κ1) is 15.0. The number of nitriles is 1. The van der Waals surface area contributed by atoms with Gasteiger partial charge in [-0.3, -0.25) is 0 Å². The molecule has 21 heavy (non-hydrogen) atoms. The van der Waals surface area contributed by atoms with E-state index in [1.165, 1.54) is 37.4 Å². The van der Waals surface area contributed by atoms with E-state index < -0.39 is 10.0 Å². The number of rotatable bonds is 4. The molecule has 0 aliphatic heterocycles. The quantitative estimate of drug-likeness (QED) is 0.860. The third-order valence-electron chi connectivity index (χ3n) is 2.38. The molecule has 0 aliphatic carbocycles. The molecule has 1 heterocycles. The van der Waals surface area contributed by atoms with E-state index in [4.69, 9.17) is 21.6 Å². The first-order valence-electron chi connectivity index (χ1n) is 5.56. The number of aromatic nitrogens is 2. The Morgan fingerprint density at radius 1 is 1.33 bits per heavy atom. The van der Waals surface area contributed by atoms with E-state index in [-0.39, 0.29) is 27.4 Å². The lowest BCUT2D eigenvalue weighted by atomic mass is 10.2. The van der Waals surface area contributed by atoms with Crippen molar-refractivity contribution in [3.63, 3.8) is 0 Å². The largest absolute Gasteiger partial charge is 0.481 e. The van der Waals surface area contributed by atoms with Gasteiger partial charge in [-0.05, 0) is 18.2 Å². The molecule has 0 radical (unpaired) electrons. The Morgan fingerprint density at radius 2 is 2.10 bits per heavy atom. The predicted molar refractivity (Wildman–Crippen MR) is 75.6 cm³/mol. The third-order valence-corrected chi connectivity index (χ3v) is 3.90. The van der Waals surface area contributed by atoms with Gasteiger partial charge in [-0.2, -0.15) is 10.2 Å². The average molecular weight is 325 g/mol. The zero-order valence-corrected chi connectivity index (χ0v) is 12.3. The zero-order valence-electron chi connectivity index (χ0n) is 10.7. The van der Waals surface area contributed by atoms with Crippen LogP contribution in [0.1, 0.15) is 5.56 Å². The number of hydrogen-bond acceptors (Lipinski definition) is 6. The van der Waals surface area contributed by atoms with E-state index in [0.717, 1.165) is 0 Å². The molecule has 0 saturated carbocycles. The fourth-order valence-corrected chi connectivity index (χ4v) is 2.62. The summed E-state index contributed by atoms with van der Waals surface area (Å²) in [7, 11) is -2.56. The summed E-state index contributed by atoms with van der Waals surface area (Å²) in [5.74, 6) is -0.0970. The number of ether oxygens (including phenoxy) is 1. The second-order valence-corrected chi connectivity index (χ2v) is 5.87. The van der Waals surface area contributed by atoms with Crippen LogP contribution in [0.15, 0.2) is 35.2 Å². The summed E-state index contributed by atoms with van der Waals surface area (Å²) in [6.45, 7) is 0. The van der Waals surface area contributed by atoms with E-state index >= 15 is 0 Å². The van der Waals surface area contributed by atoms with Crippen molar-refractivity contribution in [2.24, 2.45) is 0 Å². The number of sulfonamides is 1. The summed E-state index contributed by atoms with van der Waals surface area (Å²) in [5, 5.41) is 8.83. The minimum absolute atomic E-state index is 0.0327. The highest BCUT2D eigenvalue weighted by Crippen LogP contribution is 2.19. The van der Waals surface area contributed by atoms with Crippen molar-refractivity contribution in [3.8, 4) is 11.9 Å². The third kappa shape index (κ3) is 3.59. The van der Waals surface area contributed by atoms with Gasteiger partial charge in [0.25, 0.3) is 10.0 Å². The highest BCUT2D eigenvalue weighted by Gasteiger charge is 2.17. The van der Waals surface area contributed by atoms with Crippen LogP contribution in [0.5, 0.6) is 5.88 Å². The van der Waals surface area contributed by atoms with E-state index in [2.05, 4.69) is 14.7 Å². The number of hydrogen-bond donors (Lipinski definition) is 1. The van der Waals surface area contributed by atoms with Crippen molar-refractivity contribution < 1.29 is 13.2 Å². The van der Waals surface area contributed by atoms with Gasteiger partial charge in [-0.15, -0.1) is 0 Å². The van der Waals surface area contributed by atoms with E-state index in [1.54, 1.807) is 0 Å². The lowest BCUT2D eigenvalue weighted by Crippen LogP contribution is -2.15. The number of nitrogens with zero attached hydrogens (tertiary/aromatic N) is 3. The fourth-order valence-electron chi connectivity index (χ4n) is 1.46. The summed E-state index contributed by atoms with van der Waals surface area (Å²) in [4.78, 5) is 7.51. The second kappa shape index (κ2) is 5.95. The maximum absolute atomic E-state index is 12.2. The number of anilines is 1. The first-order valence-corrected chi connectivity index (χ1v) is 7.42. The van der Waals surface area contributed by atoms with Crippen molar-refractivity contribution in [2.75, 3.05) is 11.8 Å². The molecule has 1 aromatic carbocycles.